The van der Waals surface area contributed by atoms with Crippen LogP contribution in [0.1, 0.15) is 16.8 Å². The molecule has 166 valence electrons. The molecule has 0 atom stereocenters. The number of benzene rings is 2. The molecular formula is C25H21N3O4S. The van der Waals surface area contributed by atoms with Gasteiger partial charge in [-0.05, 0) is 35.9 Å². The summed E-state index contributed by atoms with van der Waals surface area (Å²) in [6.45, 7) is 0.812. The van der Waals surface area contributed by atoms with Crippen molar-refractivity contribution in [3.8, 4) is 28.7 Å². The van der Waals surface area contributed by atoms with Gasteiger partial charge in [-0.3, -0.25) is 9.20 Å². The Morgan fingerprint density at radius 2 is 1.94 bits per heavy atom. The molecule has 2 aromatic carbocycles. The van der Waals surface area contributed by atoms with E-state index >= 15 is 0 Å². The maximum absolute atomic E-state index is 13.3. The minimum atomic E-state index is -0.173. The first kappa shape index (κ1) is 22.3. The summed E-state index contributed by atoms with van der Waals surface area (Å²) in [4.78, 5) is 18.6. The highest BCUT2D eigenvalue weighted by molar-refractivity contribution is 7.15. The normalized spacial score (nSPS) is 11.1. The lowest BCUT2D eigenvalue weighted by atomic mass is 10.0. The average Bonchev–Trinajstić information content (AvgIpc) is 3.32. The second-order valence-electron chi connectivity index (χ2n) is 6.98. The van der Waals surface area contributed by atoms with Crippen LogP contribution in [0.3, 0.4) is 0 Å². The molecule has 33 heavy (non-hydrogen) atoms. The third kappa shape index (κ3) is 4.65. The Balaban J connectivity index is 1.82. The number of methoxy groups -OCH3 is 2. The van der Waals surface area contributed by atoms with Gasteiger partial charge in [0.2, 0.25) is 0 Å². The van der Waals surface area contributed by atoms with Crippen molar-refractivity contribution < 1.29 is 14.2 Å². The zero-order chi connectivity index (χ0) is 23.2. The van der Waals surface area contributed by atoms with E-state index in [4.69, 9.17) is 24.5 Å². The van der Waals surface area contributed by atoms with Crippen LogP contribution in [0.5, 0.6) is 11.5 Å². The molecule has 8 heteroatoms. The van der Waals surface area contributed by atoms with Crippen LogP contribution in [0.15, 0.2) is 58.8 Å². The van der Waals surface area contributed by atoms with Crippen molar-refractivity contribution in [2.45, 2.75) is 0 Å². The first-order chi connectivity index (χ1) is 16.2. The van der Waals surface area contributed by atoms with E-state index in [1.54, 1.807) is 50.8 Å². The predicted octanol–water partition coefficient (Wildman–Crippen LogP) is 4.50. The molecule has 0 aliphatic carbocycles. The second-order valence-corrected chi connectivity index (χ2v) is 7.85. The van der Waals surface area contributed by atoms with Crippen molar-refractivity contribution in [3.05, 3.63) is 81.2 Å². The van der Waals surface area contributed by atoms with Gasteiger partial charge in [-0.15, -0.1) is 11.3 Å². The number of para-hydroxylation sites is 1. The minimum Gasteiger partial charge on any atom is -0.493 e. The molecule has 2 heterocycles. The van der Waals surface area contributed by atoms with Gasteiger partial charge < -0.3 is 14.2 Å². The van der Waals surface area contributed by atoms with Crippen LogP contribution in [-0.4, -0.2) is 36.8 Å². The van der Waals surface area contributed by atoms with Crippen LogP contribution in [0.2, 0.25) is 0 Å². The second kappa shape index (κ2) is 10.1. The molecular weight excluding hydrogens is 438 g/mol. The van der Waals surface area contributed by atoms with Gasteiger partial charge in [0, 0.05) is 24.3 Å². The standard InChI is InChI=1S/C25H21N3O4S/c1-30-13-14-32-23-19(4-3-5-21(23)31-2)10-11-20-22(18-8-6-17(16-26)7-9-18)24(29)28-12-15-33-25(28)27-20/h3-12,15H,13-14H2,1-2H3/b11-10+. The zero-order valence-electron chi connectivity index (χ0n) is 18.1. The summed E-state index contributed by atoms with van der Waals surface area (Å²) in [5.41, 5.74) is 2.80. The summed E-state index contributed by atoms with van der Waals surface area (Å²) in [6, 6.07) is 14.6. The summed E-state index contributed by atoms with van der Waals surface area (Å²) in [5.74, 6) is 1.18. The number of hydrogen-bond donors (Lipinski definition) is 0. The lowest BCUT2D eigenvalue weighted by molar-refractivity contribution is 0.144. The maximum atomic E-state index is 13.3. The summed E-state index contributed by atoms with van der Waals surface area (Å²) < 4.78 is 18.0. The Bertz CT molecular complexity index is 1400. The van der Waals surface area contributed by atoms with Crippen molar-refractivity contribution in [2.75, 3.05) is 27.4 Å². The van der Waals surface area contributed by atoms with Crippen LogP contribution in [0.25, 0.3) is 28.2 Å². The van der Waals surface area contributed by atoms with E-state index in [0.29, 0.717) is 52.1 Å². The SMILES string of the molecule is COCCOc1c(/C=C/c2nc3sccn3c(=O)c2-c2ccc(C#N)cc2)cccc1OC. The number of ether oxygens (including phenoxy) is 3. The van der Waals surface area contributed by atoms with Gasteiger partial charge in [0.25, 0.3) is 5.56 Å². The summed E-state index contributed by atoms with van der Waals surface area (Å²) in [7, 11) is 3.20. The van der Waals surface area contributed by atoms with Gasteiger partial charge in [-0.25, -0.2) is 4.98 Å². The molecule has 7 nitrogen and oxygen atoms in total. The molecule has 0 N–H and O–H groups in total. The molecule has 0 amide bonds. The maximum Gasteiger partial charge on any atom is 0.266 e. The smallest absolute Gasteiger partial charge is 0.266 e. The van der Waals surface area contributed by atoms with Crippen LogP contribution < -0.4 is 15.0 Å². The van der Waals surface area contributed by atoms with E-state index < -0.39 is 0 Å². The molecule has 0 spiro atoms. The number of aromatic nitrogens is 2. The largest absolute Gasteiger partial charge is 0.493 e. The van der Waals surface area contributed by atoms with Gasteiger partial charge in [0.15, 0.2) is 16.5 Å². The van der Waals surface area contributed by atoms with E-state index in [9.17, 15) is 4.79 Å². The molecule has 4 aromatic rings. The summed E-state index contributed by atoms with van der Waals surface area (Å²) in [6.07, 6.45) is 5.36. The van der Waals surface area contributed by atoms with Crippen molar-refractivity contribution in [2.24, 2.45) is 0 Å². The van der Waals surface area contributed by atoms with Crippen LogP contribution in [-0.2, 0) is 4.74 Å². The molecule has 0 aliphatic rings. The monoisotopic (exact) mass is 459 g/mol. The predicted molar refractivity (Wildman–Crippen MR) is 129 cm³/mol. The molecule has 0 bridgehead atoms. The Kier molecular flexibility index (Phi) is 6.83. The van der Waals surface area contributed by atoms with Crippen molar-refractivity contribution in [1.29, 1.82) is 5.26 Å². The summed E-state index contributed by atoms with van der Waals surface area (Å²) in [5, 5.41) is 10.9. The Morgan fingerprint density at radius 1 is 1.12 bits per heavy atom. The number of hydrogen-bond acceptors (Lipinski definition) is 7. The highest BCUT2D eigenvalue weighted by Crippen LogP contribution is 2.33. The molecule has 2 aromatic heterocycles. The lowest BCUT2D eigenvalue weighted by Gasteiger charge is -2.13. The first-order valence-electron chi connectivity index (χ1n) is 10.1. The third-order valence-electron chi connectivity index (χ3n) is 4.98. The zero-order valence-corrected chi connectivity index (χ0v) is 19.0. The Morgan fingerprint density at radius 3 is 2.67 bits per heavy atom. The van der Waals surface area contributed by atoms with Crippen LogP contribution in [0, 0.1) is 11.3 Å². The average molecular weight is 460 g/mol. The van der Waals surface area contributed by atoms with E-state index in [0.717, 1.165) is 5.56 Å². The molecule has 0 fully saturated rings. The summed E-state index contributed by atoms with van der Waals surface area (Å²) >= 11 is 1.39. The van der Waals surface area contributed by atoms with Gasteiger partial charge in [0.05, 0.1) is 36.6 Å². The fraction of sp³-hybridized carbons (Fsp3) is 0.160. The van der Waals surface area contributed by atoms with Crippen LogP contribution in [0.4, 0.5) is 0 Å². The number of rotatable bonds is 8. The Hall–Kier alpha value is -3.93. The molecule has 0 radical (unpaired) electrons. The quantitative estimate of drug-likeness (QED) is 0.361. The van der Waals surface area contributed by atoms with E-state index in [1.165, 1.54) is 15.7 Å². The first-order valence-corrected chi connectivity index (χ1v) is 11.0. The van der Waals surface area contributed by atoms with Gasteiger partial charge in [-0.1, -0.05) is 24.3 Å². The topological polar surface area (TPSA) is 85.9 Å². The van der Waals surface area contributed by atoms with Crippen molar-refractivity contribution in [3.63, 3.8) is 0 Å². The molecule has 0 saturated heterocycles. The van der Waals surface area contributed by atoms with Crippen molar-refractivity contribution >= 4 is 28.4 Å². The van der Waals surface area contributed by atoms with E-state index in [-0.39, 0.29) is 5.56 Å². The fourth-order valence-corrected chi connectivity index (χ4v) is 4.09. The van der Waals surface area contributed by atoms with Crippen molar-refractivity contribution in [1.82, 2.24) is 9.38 Å². The highest BCUT2D eigenvalue weighted by atomic mass is 32.1. The minimum absolute atomic E-state index is 0.173. The lowest BCUT2D eigenvalue weighted by Crippen LogP contribution is -2.17. The molecule has 0 unspecified atom stereocenters. The number of thiazole rings is 1. The highest BCUT2D eigenvalue weighted by Gasteiger charge is 2.15. The number of nitriles is 1. The van der Waals surface area contributed by atoms with Crippen LogP contribution >= 0.6 is 11.3 Å². The van der Waals surface area contributed by atoms with Gasteiger partial charge in [0.1, 0.15) is 6.61 Å². The fourth-order valence-electron chi connectivity index (χ4n) is 3.37. The van der Waals surface area contributed by atoms with E-state index in [2.05, 4.69) is 6.07 Å². The molecule has 0 aliphatic heterocycles. The Labute approximate surface area is 194 Å². The molecule has 4 rings (SSSR count). The number of nitrogens with zero attached hydrogens (tertiary/aromatic N) is 3. The van der Waals surface area contributed by atoms with Gasteiger partial charge >= 0.3 is 0 Å². The van der Waals surface area contributed by atoms with E-state index in [1.807, 2.05) is 29.7 Å². The van der Waals surface area contributed by atoms with Gasteiger partial charge in [-0.2, -0.15) is 5.26 Å². The third-order valence-corrected chi connectivity index (χ3v) is 5.74. The number of fused-ring (bicyclic) bond motifs is 1. The molecule has 0 saturated carbocycles.